The standard InChI is InChI=1S/C122H126N8.Au.BF4.Zn/c1-29-91-69(9)111-107(112-70(10)92(30-2)100(124-112)66-104-96(34-6)74(14)116(128-104)109(115-73(13)95(33-5)103(127-115)65-99(91)123-111)85-59-87(119(17,18)19)63-88(60-85)120(20,21)22)83-55-51-81(52-56-83)49-47-79-43-39-77(40-44-79)37-38-78-41-45-80(46-42-78)48-50-82-53-57-84(58-54-82)108-113-71(11)93(31-3)101(125-113)67-105-97(35-7)75(15)117(129-105)110(86-61-89(121(23,24)25)64-90(62-86)122(26,27)28)118-76(16)98(36-8)106(130-118)68-102-94(32-4)72(12)114(108)126-102;;2-1(3,4)5;/h39-46,51-68H,29-36H2,1-28H3;;;/q-4;+3;-1;+2. The summed E-state index contributed by atoms with van der Waals surface area (Å²) in [6.45, 7) is 63.8. The second-order valence-electron chi connectivity index (χ2n) is 40.7. The maximum atomic E-state index is 9.75. The van der Waals surface area contributed by atoms with Crippen molar-refractivity contribution in [1.82, 2.24) is 39.9 Å². The van der Waals surface area contributed by atoms with Crippen LogP contribution >= 0.6 is 0 Å². The first kappa shape index (κ1) is 103. The van der Waals surface area contributed by atoms with E-state index in [-0.39, 0.29) is 63.5 Å². The van der Waals surface area contributed by atoms with Crippen LogP contribution in [0.4, 0.5) is 17.3 Å². The van der Waals surface area contributed by atoms with Gasteiger partial charge in [0, 0.05) is 33.4 Å². The maximum Gasteiger partial charge on any atom is 3.00 e. The fourth-order valence-corrected chi connectivity index (χ4v) is 19.8. The molecule has 6 aromatic heterocycles. The van der Waals surface area contributed by atoms with Crippen molar-refractivity contribution >= 4 is 96.0 Å². The van der Waals surface area contributed by atoms with Crippen molar-refractivity contribution in [3.63, 3.8) is 0 Å². The van der Waals surface area contributed by atoms with Crippen molar-refractivity contribution in [3.8, 4) is 80.0 Å². The second kappa shape index (κ2) is 40.4. The zero-order valence-corrected chi connectivity index (χ0v) is 90.5. The van der Waals surface area contributed by atoms with Gasteiger partial charge in [-0.3, -0.25) is 0 Å². The van der Waals surface area contributed by atoms with Gasteiger partial charge < -0.3 is 37.2 Å². The molecule has 0 amide bonds. The molecular formula is C122H126AuBF4N8Zn. The molecule has 0 aliphatic carbocycles. The van der Waals surface area contributed by atoms with E-state index < -0.39 is 7.25 Å². The summed E-state index contributed by atoms with van der Waals surface area (Å²) in [6, 6.07) is 57.2. The summed E-state index contributed by atoms with van der Waals surface area (Å²) < 4.78 is 39.0. The van der Waals surface area contributed by atoms with Crippen LogP contribution in [0.5, 0.6) is 0 Å². The minimum Gasteiger partial charge on any atom is -0.657 e. The molecule has 0 saturated heterocycles. The number of fused-ring (bicyclic) bond motifs is 16. The monoisotopic (exact) mass is 2050 g/mol. The third-order valence-electron chi connectivity index (χ3n) is 27.7. The number of hydrogen-bond donors (Lipinski definition) is 0. The van der Waals surface area contributed by atoms with Crippen molar-refractivity contribution < 1.29 is 59.1 Å². The van der Waals surface area contributed by atoms with E-state index in [2.05, 4.69) is 363 Å². The predicted molar refractivity (Wildman–Crippen MR) is 563 cm³/mol. The number of aromatic nitrogens is 8. The number of allylic oxidation sites excluding steroid dienone is 8. The van der Waals surface area contributed by atoms with Crippen molar-refractivity contribution in [2.45, 2.75) is 267 Å². The van der Waals surface area contributed by atoms with Crippen molar-refractivity contribution in [2.24, 2.45) is 0 Å². The molecule has 12 aromatic rings. The molecule has 16 bridgehead atoms. The van der Waals surface area contributed by atoms with Crippen LogP contribution in [0, 0.1) is 63.2 Å². The Morgan fingerprint density at radius 3 is 0.606 bits per heavy atom. The minimum atomic E-state index is -6.00. The van der Waals surface area contributed by atoms with Crippen LogP contribution in [-0.4, -0.2) is 27.2 Å². The molecule has 6 aromatic carbocycles. The van der Waals surface area contributed by atoms with E-state index in [1.54, 1.807) is 0 Å². The van der Waals surface area contributed by atoms with Crippen molar-refractivity contribution in [1.29, 1.82) is 0 Å². The number of benzene rings is 6. The van der Waals surface area contributed by atoms with Gasteiger partial charge in [-0.15, -0.1) is 44.1 Å². The first-order valence-corrected chi connectivity index (χ1v) is 48.2. The number of aryl methyl sites for hydroxylation is 8. The largest absolute Gasteiger partial charge is 3.00 e. The molecule has 15 heteroatoms. The fourth-order valence-electron chi connectivity index (χ4n) is 19.8. The molecule has 0 N–H and O–H groups in total. The Morgan fingerprint density at radius 2 is 0.438 bits per heavy atom. The first-order valence-electron chi connectivity index (χ1n) is 48.2. The molecule has 10 heterocycles. The summed E-state index contributed by atoms with van der Waals surface area (Å²) in [5.74, 6) is 20.7. The van der Waals surface area contributed by atoms with Crippen molar-refractivity contribution in [2.75, 3.05) is 0 Å². The van der Waals surface area contributed by atoms with Gasteiger partial charge in [-0.2, -0.15) is 0 Å². The SMILES string of the molecule is CCC1=C(C)c2nc1cc1[n-]c(c(C)c1CC)c(-c1ccc(C#Cc3ccc(C#Cc4ccc(C#Cc5ccc(-c6c7nc(cc8[n-]c(c(C)c8CC)c(-c8cc(C(C)(C)C)cc(C(C)(C)C)c8)c8nc(cc9[n-]c6c(C)c9CC)C(CC)=C8C)C(CC)=C7C)cc5)cc4)cc3)cc1)c1nc(cc3[n-]c(c(C)c3CC)c2-c2cc(C(C)(C)C)cc(C(C)(C)C)c2)C(CC)=C1C.F[B-](F)(F)F.[Au+3].[Zn+2]. The van der Waals surface area contributed by atoms with Gasteiger partial charge in [-0.25, -0.2) is 19.9 Å². The predicted octanol–water partition coefficient (Wildman–Crippen LogP) is 31.7. The molecule has 0 fully saturated rings. The molecular weight excluding hydrogens is 1930 g/mol. The minimum absolute atomic E-state index is 0. The Bertz CT molecular complexity index is 7030. The zero-order chi connectivity index (χ0) is 97.3. The van der Waals surface area contributed by atoms with Gasteiger partial charge in [0.25, 0.3) is 0 Å². The maximum absolute atomic E-state index is 9.75. The molecule has 698 valence electrons. The van der Waals surface area contributed by atoms with Gasteiger partial charge in [0.1, 0.15) is 0 Å². The third kappa shape index (κ3) is 20.8. The topological polar surface area (TPSA) is 108 Å². The van der Waals surface area contributed by atoms with E-state index in [0.29, 0.717) is 0 Å². The van der Waals surface area contributed by atoms with Crippen LogP contribution in [-0.2, 0) is 89.2 Å². The molecule has 0 radical (unpaired) electrons. The van der Waals surface area contributed by atoms with Gasteiger partial charge in [0.2, 0.25) is 0 Å². The summed E-state index contributed by atoms with van der Waals surface area (Å²) in [5.41, 5.74) is 53.2. The van der Waals surface area contributed by atoms with Crippen LogP contribution in [0.25, 0.3) is 133 Å². The first-order chi connectivity index (χ1) is 63.9. The molecule has 0 saturated carbocycles. The van der Waals surface area contributed by atoms with Crippen LogP contribution < -0.4 is 19.9 Å². The Balaban J connectivity index is 0.00000221. The van der Waals surface area contributed by atoms with E-state index in [1.165, 1.54) is 89.1 Å². The van der Waals surface area contributed by atoms with Crippen molar-refractivity contribution in [3.05, 3.63) is 303 Å². The number of hydrogen-bond acceptors (Lipinski definition) is 4. The van der Waals surface area contributed by atoms with E-state index in [4.69, 9.17) is 39.9 Å². The summed E-state index contributed by atoms with van der Waals surface area (Å²) in [4.78, 5) is 45.9. The Labute approximate surface area is 838 Å². The summed E-state index contributed by atoms with van der Waals surface area (Å²) in [7, 11) is -6.00. The van der Waals surface area contributed by atoms with Crippen LogP contribution in [0.15, 0.2) is 158 Å². The Hall–Kier alpha value is -11.7. The molecule has 4 aliphatic rings. The van der Waals surface area contributed by atoms with Crippen LogP contribution in [0.2, 0.25) is 0 Å². The van der Waals surface area contributed by atoms with E-state index in [9.17, 15) is 17.3 Å². The van der Waals surface area contributed by atoms with E-state index >= 15 is 0 Å². The van der Waals surface area contributed by atoms with E-state index in [1.807, 2.05) is 24.3 Å². The summed E-state index contributed by atoms with van der Waals surface area (Å²) in [6.07, 6.45) is 6.53. The molecule has 0 unspecified atom stereocenters. The van der Waals surface area contributed by atoms with Gasteiger partial charge in [0.05, 0.1) is 45.6 Å². The summed E-state index contributed by atoms with van der Waals surface area (Å²) in [5, 5.41) is 0. The van der Waals surface area contributed by atoms with Gasteiger partial charge in [0.15, 0.2) is 0 Å². The molecule has 8 nitrogen and oxygen atoms in total. The zero-order valence-electron chi connectivity index (χ0n) is 85.3. The molecule has 137 heavy (non-hydrogen) atoms. The average molecular weight is 2050 g/mol. The average Bonchev–Trinajstić information content (AvgIpc) is 1.59. The van der Waals surface area contributed by atoms with E-state index in [0.717, 1.165) is 241 Å². The number of rotatable bonds is 12. The van der Waals surface area contributed by atoms with Gasteiger partial charge >= 0.3 is 49.1 Å². The third-order valence-corrected chi connectivity index (χ3v) is 27.7. The fraction of sp³-hybridized carbons (Fsp3) is 0.328. The number of nitrogens with zero attached hydrogens (tertiary/aromatic N) is 8. The molecule has 16 rings (SSSR count). The number of halogens is 4. The van der Waals surface area contributed by atoms with Crippen LogP contribution in [0.3, 0.4) is 0 Å². The Kier molecular flexibility index (Phi) is 30.3. The molecule has 0 atom stereocenters. The van der Waals surface area contributed by atoms with Gasteiger partial charge in [-0.05, 0) is 313 Å². The molecule has 4 aliphatic heterocycles. The normalized spacial score (nSPS) is 12.9. The summed E-state index contributed by atoms with van der Waals surface area (Å²) >= 11 is 0. The van der Waals surface area contributed by atoms with Gasteiger partial charge in [-0.1, -0.05) is 303 Å². The smallest absolute Gasteiger partial charge is 0.657 e. The quantitative estimate of drug-likeness (QED) is 0.0676. The van der Waals surface area contributed by atoms with Crippen LogP contribution in [0.1, 0.15) is 338 Å². The molecule has 0 spiro atoms. The Morgan fingerprint density at radius 1 is 0.263 bits per heavy atom. The second-order valence-corrected chi connectivity index (χ2v) is 40.7.